The fourth-order valence-electron chi connectivity index (χ4n) is 3.31. The van der Waals surface area contributed by atoms with Crippen molar-refractivity contribution >= 4 is 5.97 Å². The summed E-state index contributed by atoms with van der Waals surface area (Å²) in [6.07, 6.45) is 5.81. The van der Waals surface area contributed by atoms with Crippen LogP contribution in [0.1, 0.15) is 38.3 Å². The molecule has 2 aromatic rings. The molecule has 1 aromatic heterocycles. The smallest absolute Gasteiger partial charge is 0.313 e. The highest BCUT2D eigenvalue weighted by atomic mass is 16.6. The summed E-state index contributed by atoms with van der Waals surface area (Å²) in [4.78, 5) is 12.4. The van der Waals surface area contributed by atoms with Gasteiger partial charge in [-0.15, -0.1) is 0 Å². The molecule has 0 bridgehead atoms. The van der Waals surface area contributed by atoms with Crippen molar-refractivity contribution in [1.82, 2.24) is 4.57 Å². The number of benzene rings is 1. The van der Waals surface area contributed by atoms with E-state index in [2.05, 4.69) is 39.0 Å². The summed E-state index contributed by atoms with van der Waals surface area (Å²) < 4.78 is 13.2. The third kappa shape index (κ3) is 4.13. The highest BCUT2D eigenvalue weighted by molar-refractivity contribution is 5.78. The van der Waals surface area contributed by atoms with E-state index in [9.17, 15) is 4.79 Å². The molecule has 0 spiro atoms. The van der Waals surface area contributed by atoms with E-state index in [0.717, 1.165) is 12.8 Å². The van der Waals surface area contributed by atoms with Crippen LogP contribution in [-0.2, 0) is 27.4 Å². The van der Waals surface area contributed by atoms with Gasteiger partial charge in [0.15, 0.2) is 6.73 Å². The molecule has 4 nitrogen and oxygen atoms in total. The predicted octanol–water partition coefficient (Wildman–Crippen LogP) is 4.03. The summed E-state index contributed by atoms with van der Waals surface area (Å²) in [5.41, 5.74) is 2.35. The Morgan fingerprint density at radius 3 is 2.64 bits per heavy atom. The van der Waals surface area contributed by atoms with Gasteiger partial charge in [-0.2, -0.15) is 0 Å². The van der Waals surface area contributed by atoms with Crippen molar-refractivity contribution in [2.45, 2.75) is 46.4 Å². The molecule has 0 radical (unpaired) electrons. The zero-order valence-corrected chi connectivity index (χ0v) is 15.3. The monoisotopic (exact) mass is 341 g/mol. The third-order valence-corrected chi connectivity index (χ3v) is 4.90. The van der Waals surface area contributed by atoms with Crippen LogP contribution in [0.4, 0.5) is 0 Å². The van der Waals surface area contributed by atoms with Gasteiger partial charge < -0.3 is 14.0 Å². The van der Waals surface area contributed by atoms with E-state index in [-0.39, 0.29) is 30.1 Å². The first-order valence-corrected chi connectivity index (χ1v) is 8.99. The minimum atomic E-state index is -0.163. The Balaban J connectivity index is 1.50. The van der Waals surface area contributed by atoms with Crippen molar-refractivity contribution in [3.05, 3.63) is 59.9 Å². The van der Waals surface area contributed by atoms with Gasteiger partial charge in [-0.1, -0.05) is 51.1 Å². The van der Waals surface area contributed by atoms with E-state index in [0.29, 0.717) is 6.61 Å². The number of rotatable bonds is 8. The average molecular weight is 341 g/mol. The summed E-state index contributed by atoms with van der Waals surface area (Å²) in [5.74, 6) is -0.317. The number of hydrogen-bond donors (Lipinski definition) is 0. The normalized spacial score (nSPS) is 21.1. The maximum atomic E-state index is 12.4. The van der Waals surface area contributed by atoms with Crippen LogP contribution in [0.15, 0.2) is 48.8 Å². The molecule has 2 unspecified atom stereocenters. The maximum absolute atomic E-state index is 12.4. The topological polar surface area (TPSA) is 40.5 Å². The van der Waals surface area contributed by atoms with Gasteiger partial charge in [0.05, 0.1) is 12.0 Å². The first-order chi connectivity index (χ1) is 12.0. The average Bonchev–Trinajstić information content (AvgIpc) is 2.92. The van der Waals surface area contributed by atoms with Crippen LogP contribution in [0, 0.1) is 11.3 Å². The molecule has 25 heavy (non-hydrogen) atoms. The molecule has 1 aromatic carbocycles. The van der Waals surface area contributed by atoms with Gasteiger partial charge >= 0.3 is 5.97 Å². The van der Waals surface area contributed by atoms with Gasteiger partial charge in [-0.05, 0) is 30.0 Å². The largest absolute Gasteiger partial charge is 0.444 e. The van der Waals surface area contributed by atoms with Crippen molar-refractivity contribution in [3.8, 4) is 0 Å². The molecule has 0 saturated heterocycles. The van der Waals surface area contributed by atoms with E-state index in [1.54, 1.807) is 0 Å². The lowest BCUT2D eigenvalue weighted by molar-refractivity contribution is -0.150. The van der Waals surface area contributed by atoms with Crippen LogP contribution < -0.4 is 0 Å². The van der Waals surface area contributed by atoms with Crippen molar-refractivity contribution in [1.29, 1.82) is 0 Å². The van der Waals surface area contributed by atoms with Crippen LogP contribution in [0.25, 0.3) is 0 Å². The fraction of sp³-hybridized carbons (Fsp3) is 0.476. The Morgan fingerprint density at radius 1 is 1.16 bits per heavy atom. The number of ether oxygens (including phenoxy) is 2. The van der Waals surface area contributed by atoms with Crippen LogP contribution in [0.5, 0.6) is 0 Å². The minimum absolute atomic E-state index is 0.0155. The molecule has 134 valence electrons. The number of aromatic nitrogens is 1. The molecule has 2 atom stereocenters. The second-order valence-electron chi connectivity index (χ2n) is 7.38. The van der Waals surface area contributed by atoms with E-state index in [1.807, 2.05) is 35.2 Å². The SMILES string of the molecule is CCCOC1C(C(=O)OCn2ccc(Cc3ccccc3)c2)C1(C)C. The lowest BCUT2D eigenvalue weighted by Gasteiger charge is -2.06. The standard InChI is InChI=1S/C21H27NO3/c1-4-12-24-19-18(21(19,2)3)20(23)25-15-22-11-10-17(14-22)13-16-8-6-5-7-9-16/h5-11,14,18-19H,4,12-13,15H2,1-3H3. The lowest BCUT2D eigenvalue weighted by atomic mass is 10.1. The molecule has 1 heterocycles. The Kier molecular flexibility index (Phi) is 5.28. The van der Waals surface area contributed by atoms with Gasteiger partial charge in [0.25, 0.3) is 0 Å². The van der Waals surface area contributed by atoms with Crippen molar-refractivity contribution in [2.24, 2.45) is 11.3 Å². The highest BCUT2D eigenvalue weighted by Gasteiger charge is 2.64. The van der Waals surface area contributed by atoms with E-state index in [1.165, 1.54) is 11.1 Å². The first-order valence-electron chi connectivity index (χ1n) is 8.99. The number of carbonyl (C=O) groups is 1. The second kappa shape index (κ2) is 7.44. The molecule has 1 fully saturated rings. The molecule has 1 aliphatic carbocycles. The molecular weight excluding hydrogens is 314 g/mol. The van der Waals surface area contributed by atoms with Crippen LogP contribution in [-0.4, -0.2) is 23.2 Å². The predicted molar refractivity (Wildman–Crippen MR) is 97.1 cm³/mol. The summed E-state index contributed by atoms with van der Waals surface area (Å²) in [6, 6.07) is 12.4. The Labute approximate surface area is 149 Å². The summed E-state index contributed by atoms with van der Waals surface area (Å²) in [5, 5.41) is 0. The molecular formula is C21H27NO3. The number of esters is 1. The van der Waals surface area contributed by atoms with Crippen LogP contribution >= 0.6 is 0 Å². The van der Waals surface area contributed by atoms with E-state index in [4.69, 9.17) is 9.47 Å². The molecule has 3 rings (SSSR count). The van der Waals surface area contributed by atoms with Crippen LogP contribution in [0.2, 0.25) is 0 Å². The summed E-state index contributed by atoms with van der Waals surface area (Å²) in [6.45, 7) is 7.14. The molecule has 1 aliphatic rings. The molecule has 0 N–H and O–H groups in total. The molecule has 1 saturated carbocycles. The number of carbonyl (C=O) groups excluding carboxylic acids is 1. The zero-order chi connectivity index (χ0) is 17.9. The van der Waals surface area contributed by atoms with Gasteiger partial charge in [0, 0.05) is 24.4 Å². The van der Waals surface area contributed by atoms with Crippen molar-refractivity contribution in [2.75, 3.05) is 6.61 Å². The lowest BCUT2D eigenvalue weighted by Crippen LogP contribution is -2.14. The highest BCUT2D eigenvalue weighted by Crippen LogP contribution is 2.54. The van der Waals surface area contributed by atoms with Gasteiger partial charge in [-0.3, -0.25) is 4.79 Å². The second-order valence-corrected chi connectivity index (χ2v) is 7.38. The first kappa shape index (κ1) is 17.7. The third-order valence-electron chi connectivity index (χ3n) is 4.90. The quantitative estimate of drug-likeness (QED) is 0.681. The van der Waals surface area contributed by atoms with E-state index < -0.39 is 0 Å². The van der Waals surface area contributed by atoms with Gasteiger partial charge in [0.2, 0.25) is 0 Å². The Hall–Kier alpha value is -2.07. The molecule has 0 aliphatic heterocycles. The summed E-state index contributed by atoms with van der Waals surface area (Å²) in [7, 11) is 0. The van der Waals surface area contributed by atoms with Gasteiger partial charge in [-0.25, -0.2) is 0 Å². The van der Waals surface area contributed by atoms with E-state index >= 15 is 0 Å². The molecule has 0 amide bonds. The maximum Gasteiger partial charge on any atom is 0.313 e. The van der Waals surface area contributed by atoms with Crippen molar-refractivity contribution in [3.63, 3.8) is 0 Å². The number of nitrogens with zero attached hydrogens (tertiary/aromatic N) is 1. The minimum Gasteiger partial charge on any atom is -0.444 e. The summed E-state index contributed by atoms with van der Waals surface area (Å²) >= 11 is 0. The zero-order valence-electron chi connectivity index (χ0n) is 15.3. The Bertz CT molecular complexity index is 705. The fourth-order valence-corrected chi connectivity index (χ4v) is 3.31. The molecule has 4 heteroatoms. The van der Waals surface area contributed by atoms with Crippen LogP contribution in [0.3, 0.4) is 0 Å². The number of hydrogen-bond acceptors (Lipinski definition) is 3. The van der Waals surface area contributed by atoms with Crippen molar-refractivity contribution < 1.29 is 14.3 Å². The Morgan fingerprint density at radius 2 is 1.92 bits per heavy atom. The van der Waals surface area contributed by atoms with Gasteiger partial charge in [0.1, 0.15) is 0 Å².